The summed E-state index contributed by atoms with van der Waals surface area (Å²) in [6.07, 6.45) is 20.8. The molecule has 2 unspecified atom stereocenters. The van der Waals surface area contributed by atoms with E-state index in [0.717, 1.165) is 30.5 Å². The van der Waals surface area contributed by atoms with Crippen molar-refractivity contribution in [3.63, 3.8) is 0 Å². The number of methoxy groups -OCH3 is 1. The highest BCUT2D eigenvalue weighted by Gasteiger charge is 2.32. The van der Waals surface area contributed by atoms with Crippen LogP contribution in [-0.4, -0.2) is 23.2 Å². The maximum atomic E-state index is 12.7. The summed E-state index contributed by atoms with van der Waals surface area (Å²) in [4.78, 5) is 17.8. The van der Waals surface area contributed by atoms with Gasteiger partial charge in [-0.05, 0) is 72.1 Å². The first-order valence-corrected chi connectivity index (χ1v) is 15.3. The quantitative estimate of drug-likeness (QED) is 0.242. The highest BCUT2D eigenvalue weighted by molar-refractivity contribution is 6.05. The molecule has 1 aromatic heterocycles. The molecule has 1 N–H and O–H groups in total. The van der Waals surface area contributed by atoms with Gasteiger partial charge in [0.1, 0.15) is 5.75 Å². The van der Waals surface area contributed by atoms with Gasteiger partial charge in [0.05, 0.1) is 23.9 Å². The van der Waals surface area contributed by atoms with Gasteiger partial charge in [-0.2, -0.15) is 0 Å². The SMILES string of the molecule is CCCCCCCCC1(/C=C2\CC(C)Cc3c2nc2ccc(OC)cc2c3C(=O)O)C=CC(c2ccccc2)=CC1. The van der Waals surface area contributed by atoms with Crippen molar-refractivity contribution < 1.29 is 14.6 Å². The second kappa shape index (κ2) is 12.9. The molecule has 0 amide bonds. The molecule has 5 rings (SSSR count). The topological polar surface area (TPSA) is 59.4 Å². The van der Waals surface area contributed by atoms with Gasteiger partial charge in [-0.15, -0.1) is 0 Å². The molecule has 2 aliphatic carbocycles. The molecule has 1 heterocycles. The van der Waals surface area contributed by atoms with Crippen molar-refractivity contribution in [2.75, 3.05) is 7.11 Å². The Labute approximate surface area is 244 Å². The van der Waals surface area contributed by atoms with Crippen LogP contribution < -0.4 is 4.74 Å². The van der Waals surface area contributed by atoms with E-state index < -0.39 is 5.97 Å². The molecule has 0 spiro atoms. The van der Waals surface area contributed by atoms with Crippen LogP contribution in [0, 0.1) is 11.3 Å². The number of aromatic nitrogens is 1. The van der Waals surface area contributed by atoms with Gasteiger partial charge in [-0.3, -0.25) is 0 Å². The number of ether oxygens (including phenoxy) is 1. The summed E-state index contributed by atoms with van der Waals surface area (Å²) < 4.78 is 5.42. The maximum absolute atomic E-state index is 12.7. The van der Waals surface area contributed by atoms with E-state index in [1.165, 1.54) is 55.2 Å². The molecule has 2 aromatic carbocycles. The molecule has 3 aromatic rings. The first-order chi connectivity index (χ1) is 19.9. The number of carboxylic acids is 1. The number of nitrogens with zero attached hydrogens (tertiary/aromatic N) is 1. The number of carbonyl (C=O) groups is 1. The number of allylic oxidation sites excluding steroid dienone is 6. The van der Waals surface area contributed by atoms with Crippen molar-refractivity contribution >= 4 is 28.0 Å². The van der Waals surface area contributed by atoms with Crippen LogP contribution in [0.3, 0.4) is 0 Å². The Bertz CT molecular complexity index is 1480. The van der Waals surface area contributed by atoms with Crippen LogP contribution in [0.5, 0.6) is 5.75 Å². The largest absolute Gasteiger partial charge is 0.497 e. The monoisotopic (exact) mass is 549 g/mol. The summed E-state index contributed by atoms with van der Waals surface area (Å²) in [5.41, 5.74) is 6.40. The molecule has 0 bridgehead atoms. The molecule has 4 nitrogen and oxygen atoms in total. The molecular weight excluding hydrogens is 506 g/mol. The van der Waals surface area contributed by atoms with Crippen LogP contribution in [0.1, 0.15) is 98.8 Å². The molecule has 4 heteroatoms. The first-order valence-electron chi connectivity index (χ1n) is 15.3. The number of unbranched alkanes of at least 4 members (excludes halogenated alkanes) is 5. The summed E-state index contributed by atoms with van der Waals surface area (Å²) in [6.45, 7) is 4.49. The van der Waals surface area contributed by atoms with E-state index >= 15 is 0 Å². The lowest BCUT2D eigenvalue weighted by molar-refractivity contribution is 0.0697. The number of pyridine rings is 1. The summed E-state index contributed by atoms with van der Waals surface area (Å²) in [6, 6.07) is 16.2. The lowest BCUT2D eigenvalue weighted by Gasteiger charge is -2.33. The fourth-order valence-corrected chi connectivity index (χ4v) is 6.62. The molecule has 0 radical (unpaired) electrons. The van der Waals surface area contributed by atoms with Crippen molar-refractivity contribution in [1.29, 1.82) is 0 Å². The van der Waals surface area contributed by atoms with E-state index in [2.05, 4.69) is 68.5 Å². The molecular formula is C37H43NO3. The smallest absolute Gasteiger partial charge is 0.336 e. The van der Waals surface area contributed by atoms with Crippen molar-refractivity contribution in [2.45, 2.75) is 78.1 Å². The zero-order chi connectivity index (χ0) is 28.8. The summed E-state index contributed by atoms with van der Waals surface area (Å²) in [7, 11) is 1.61. The first kappa shape index (κ1) is 28.9. The van der Waals surface area contributed by atoms with Crippen molar-refractivity contribution in [3.8, 4) is 5.75 Å². The predicted molar refractivity (Wildman–Crippen MR) is 169 cm³/mol. The highest BCUT2D eigenvalue weighted by Crippen LogP contribution is 2.45. The fourth-order valence-electron chi connectivity index (χ4n) is 6.62. The average molecular weight is 550 g/mol. The van der Waals surface area contributed by atoms with Gasteiger partial charge in [0.15, 0.2) is 0 Å². The lowest BCUT2D eigenvalue weighted by Crippen LogP contribution is -2.21. The van der Waals surface area contributed by atoms with Gasteiger partial charge in [0, 0.05) is 10.8 Å². The third-order valence-electron chi connectivity index (χ3n) is 8.79. The Morgan fingerprint density at radius 1 is 1.07 bits per heavy atom. The van der Waals surface area contributed by atoms with Crippen molar-refractivity contribution in [2.24, 2.45) is 11.3 Å². The molecule has 41 heavy (non-hydrogen) atoms. The number of benzene rings is 2. The Hall–Kier alpha value is -3.66. The Kier molecular flexibility index (Phi) is 9.07. The van der Waals surface area contributed by atoms with Gasteiger partial charge < -0.3 is 9.84 Å². The normalized spacial score (nSPS) is 21.1. The standard InChI is InChI=1S/C37H43NO3/c1-4-5-6-7-8-12-19-37(20-17-28(18-21-37)27-13-10-9-11-14-27)25-29-22-26(2)23-32-34(36(39)40)31-24-30(41-3)15-16-33(31)38-35(29)32/h9-11,13-18,20,24-26H,4-8,12,19,21-23H2,1-3H3,(H,39,40)/b29-25+. The second-order valence-corrected chi connectivity index (χ2v) is 12.0. The number of hydrogen-bond donors (Lipinski definition) is 1. The number of aromatic carboxylic acids is 1. The minimum atomic E-state index is -0.898. The molecule has 0 saturated carbocycles. The van der Waals surface area contributed by atoms with E-state index in [4.69, 9.17) is 9.72 Å². The second-order valence-electron chi connectivity index (χ2n) is 12.0. The predicted octanol–water partition coefficient (Wildman–Crippen LogP) is 9.69. The minimum absolute atomic E-state index is 0.105. The third-order valence-corrected chi connectivity index (χ3v) is 8.79. The van der Waals surface area contributed by atoms with Crippen LogP contribution in [0.15, 0.2) is 72.8 Å². The van der Waals surface area contributed by atoms with Gasteiger partial charge in [0.2, 0.25) is 0 Å². The van der Waals surface area contributed by atoms with Crippen molar-refractivity contribution in [3.05, 3.63) is 95.2 Å². The number of fused-ring (bicyclic) bond motifs is 2. The summed E-state index contributed by atoms with van der Waals surface area (Å²) >= 11 is 0. The fraction of sp³-hybridized carbons (Fsp3) is 0.405. The number of rotatable bonds is 11. The maximum Gasteiger partial charge on any atom is 0.336 e. The summed E-state index contributed by atoms with van der Waals surface area (Å²) in [5, 5.41) is 11.0. The Balaban J connectivity index is 1.55. The summed E-state index contributed by atoms with van der Waals surface area (Å²) in [5.74, 6) is 0.0866. The molecule has 0 saturated heterocycles. The van der Waals surface area contributed by atoms with Gasteiger partial charge >= 0.3 is 5.97 Å². The Morgan fingerprint density at radius 2 is 1.85 bits per heavy atom. The lowest BCUT2D eigenvalue weighted by atomic mass is 9.71. The third kappa shape index (κ3) is 6.48. The highest BCUT2D eigenvalue weighted by atomic mass is 16.5. The number of carboxylic acid groups (broad SMARTS) is 1. The van der Waals surface area contributed by atoms with Gasteiger partial charge in [-0.1, -0.05) is 107 Å². The molecule has 214 valence electrons. The van der Waals surface area contributed by atoms with E-state index in [9.17, 15) is 9.90 Å². The molecule has 0 fully saturated rings. The number of hydrogen-bond acceptors (Lipinski definition) is 3. The zero-order valence-corrected chi connectivity index (χ0v) is 24.8. The zero-order valence-electron chi connectivity index (χ0n) is 24.8. The van der Waals surface area contributed by atoms with E-state index in [-0.39, 0.29) is 5.41 Å². The van der Waals surface area contributed by atoms with Crippen LogP contribution in [0.2, 0.25) is 0 Å². The molecule has 2 aliphatic rings. The van der Waals surface area contributed by atoms with E-state index in [1.807, 2.05) is 18.2 Å². The average Bonchev–Trinajstić information content (AvgIpc) is 2.98. The molecule has 0 aliphatic heterocycles. The van der Waals surface area contributed by atoms with Crippen molar-refractivity contribution in [1.82, 2.24) is 4.98 Å². The van der Waals surface area contributed by atoms with E-state index in [0.29, 0.717) is 34.6 Å². The molecule has 2 atom stereocenters. The van der Waals surface area contributed by atoms with Gasteiger partial charge in [0.25, 0.3) is 0 Å². The van der Waals surface area contributed by atoms with Crippen LogP contribution in [0.4, 0.5) is 0 Å². The Morgan fingerprint density at radius 3 is 2.56 bits per heavy atom. The van der Waals surface area contributed by atoms with Crippen LogP contribution in [-0.2, 0) is 6.42 Å². The van der Waals surface area contributed by atoms with Crippen LogP contribution >= 0.6 is 0 Å². The van der Waals surface area contributed by atoms with E-state index in [1.54, 1.807) is 7.11 Å². The van der Waals surface area contributed by atoms with Gasteiger partial charge in [-0.25, -0.2) is 9.78 Å². The van der Waals surface area contributed by atoms with Crippen LogP contribution in [0.25, 0.3) is 22.0 Å². The minimum Gasteiger partial charge on any atom is -0.497 e.